The first-order chi connectivity index (χ1) is 14.4. The maximum atomic E-state index is 12.5. The third-order valence-corrected chi connectivity index (χ3v) is 6.07. The number of hydrogen-bond acceptors (Lipinski definition) is 4. The van der Waals surface area contributed by atoms with Crippen molar-refractivity contribution >= 4 is 29.2 Å². The van der Waals surface area contributed by atoms with E-state index in [1.165, 1.54) is 6.42 Å². The van der Waals surface area contributed by atoms with E-state index in [-0.39, 0.29) is 11.9 Å². The second kappa shape index (κ2) is 9.98. The molecule has 1 aliphatic rings. The number of carbonyl (C=O) groups is 2. The van der Waals surface area contributed by atoms with Crippen LogP contribution in [0.25, 0.3) is 0 Å². The van der Waals surface area contributed by atoms with Crippen LogP contribution in [-0.4, -0.2) is 31.6 Å². The first-order valence-electron chi connectivity index (χ1n) is 10.5. The molecule has 6 heteroatoms. The van der Waals surface area contributed by atoms with Crippen molar-refractivity contribution in [3.8, 4) is 0 Å². The topological polar surface area (TPSA) is 72.6 Å². The average Bonchev–Trinajstić information content (AvgIpc) is 2.74. The molecule has 3 rings (SSSR count). The van der Waals surface area contributed by atoms with Crippen LogP contribution < -0.4 is 10.6 Å². The number of primary amides is 1. The minimum Gasteiger partial charge on any atom is -0.462 e. The van der Waals surface area contributed by atoms with Crippen LogP contribution in [0.3, 0.4) is 0 Å². The van der Waals surface area contributed by atoms with Gasteiger partial charge in [0.25, 0.3) is 0 Å². The lowest BCUT2D eigenvalue weighted by atomic mass is 9.81. The Morgan fingerprint density at radius 1 is 1.10 bits per heavy atom. The van der Waals surface area contributed by atoms with Crippen molar-refractivity contribution in [3.63, 3.8) is 0 Å². The number of carbonyl (C=O) groups excluding carboxylic acids is 2. The summed E-state index contributed by atoms with van der Waals surface area (Å²) in [5, 5.41) is 0.696. The summed E-state index contributed by atoms with van der Waals surface area (Å²) in [6.45, 7) is 6.00. The number of piperidine rings is 1. The summed E-state index contributed by atoms with van der Waals surface area (Å²) in [4.78, 5) is 26.7. The Morgan fingerprint density at radius 3 is 2.37 bits per heavy atom. The van der Waals surface area contributed by atoms with E-state index in [2.05, 4.69) is 4.90 Å². The van der Waals surface area contributed by atoms with E-state index in [9.17, 15) is 9.59 Å². The van der Waals surface area contributed by atoms with E-state index in [0.717, 1.165) is 42.7 Å². The van der Waals surface area contributed by atoms with E-state index in [1.54, 1.807) is 31.2 Å². The van der Waals surface area contributed by atoms with Gasteiger partial charge in [0, 0.05) is 13.1 Å². The number of nitrogens with two attached hydrogens (primary N) is 1. The first kappa shape index (κ1) is 22.2. The lowest BCUT2D eigenvalue weighted by Gasteiger charge is -2.34. The molecule has 0 saturated carbocycles. The lowest BCUT2D eigenvalue weighted by Crippen LogP contribution is -2.32. The van der Waals surface area contributed by atoms with E-state index >= 15 is 0 Å². The van der Waals surface area contributed by atoms with Gasteiger partial charge in [0.05, 0.1) is 28.8 Å². The average molecular weight is 429 g/mol. The molecule has 2 N–H and O–H groups in total. The molecule has 1 saturated heterocycles. The Kier molecular flexibility index (Phi) is 7.38. The van der Waals surface area contributed by atoms with E-state index in [0.29, 0.717) is 17.2 Å². The van der Waals surface area contributed by atoms with E-state index in [4.69, 9.17) is 22.1 Å². The molecule has 2 aromatic rings. The van der Waals surface area contributed by atoms with Crippen molar-refractivity contribution in [1.82, 2.24) is 0 Å². The summed E-state index contributed by atoms with van der Waals surface area (Å²) in [6, 6.07) is 12.8. The van der Waals surface area contributed by atoms with E-state index < -0.39 is 11.8 Å². The minimum atomic E-state index is -0.539. The van der Waals surface area contributed by atoms with Gasteiger partial charge >= 0.3 is 5.97 Å². The molecule has 0 aliphatic carbocycles. The van der Waals surface area contributed by atoms with Crippen LogP contribution in [0.1, 0.15) is 66.4 Å². The second-order valence-electron chi connectivity index (χ2n) is 7.74. The van der Waals surface area contributed by atoms with Crippen molar-refractivity contribution in [3.05, 3.63) is 64.2 Å². The Morgan fingerprint density at radius 2 is 1.77 bits per heavy atom. The molecule has 2 atom stereocenters. The van der Waals surface area contributed by atoms with Crippen molar-refractivity contribution in [2.45, 2.75) is 44.9 Å². The molecule has 0 spiro atoms. The maximum Gasteiger partial charge on any atom is 0.338 e. The summed E-state index contributed by atoms with van der Waals surface area (Å²) >= 11 is 6.61. The molecule has 0 bridgehead atoms. The highest BCUT2D eigenvalue weighted by Gasteiger charge is 2.30. The molecule has 1 heterocycles. The second-order valence-corrected chi connectivity index (χ2v) is 8.14. The molecule has 0 radical (unpaired) electrons. The van der Waals surface area contributed by atoms with Gasteiger partial charge in [0.15, 0.2) is 0 Å². The molecule has 5 nitrogen and oxygen atoms in total. The minimum absolute atomic E-state index is 0.174. The van der Waals surface area contributed by atoms with Gasteiger partial charge in [-0.25, -0.2) is 4.79 Å². The fourth-order valence-electron chi connectivity index (χ4n) is 4.27. The number of benzene rings is 2. The van der Waals surface area contributed by atoms with E-state index in [1.807, 2.05) is 25.1 Å². The molecule has 1 amide bonds. The molecule has 1 aliphatic heterocycles. The van der Waals surface area contributed by atoms with Gasteiger partial charge in [0.2, 0.25) is 5.91 Å². The number of anilines is 1. The third-order valence-electron chi connectivity index (χ3n) is 5.77. The van der Waals surface area contributed by atoms with Crippen molar-refractivity contribution in [2.24, 2.45) is 5.73 Å². The molecular weight excluding hydrogens is 400 g/mol. The Labute approximate surface area is 183 Å². The predicted molar refractivity (Wildman–Crippen MR) is 120 cm³/mol. The van der Waals surface area contributed by atoms with Gasteiger partial charge in [-0.15, -0.1) is 0 Å². The number of amides is 1. The number of esters is 1. The van der Waals surface area contributed by atoms with Gasteiger partial charge in [-0.1, -0.05) is 42.8 Å². The molecule has 2 aromatic carbocycles. The third kappa shape index (κ3) is 4.78. The van der Waals surface area contributed by atoms with Crippen LogP contribution in [0.4, 0.5) is 5.69 Å². The van der Waals surface area contributed by atoms with Crippen LogP contribution in [0.2, 0.25) is 5.02 Å². The summed E-state index contributed by atoms with van der Waals surface area (Å²) in [5.41, 5.74) is 9.08. The number of ether oxygens (including phenoxy) is 1. The van der Waals surface area contributed by atoms with Gasteiger partial charge < -0.3 is 15.4 Å². The molecular formula is C24H29ClN2O3. The number of rotatable bonds is 7. The van der Waals surface area contributed by atoms with Crippen LogP contribution in [0.15, 0.2) is 42.5 Å². The van der Waals surface area contributed by atoms with Crippen LogP contribution in [0, 0.1) is 0 Å². The number of hydrogen-bond donors (Lipinski definition) is 1. The fourth-order valence-corrected chi connectivity index (χ4v) is 4.57. The van der Waals surface area contributed by atoms with Crippen LogP contribution in [0.5, 0.6) is 0 Å². The highest BCUT2D eigenvalue weighted by molar-refractivity contribution is 6.33. The summed E-state index contributed by atoms with van der Waals surface area (Å²) in [5.74, 6) is -1.50. The summed E-state index contributed by atoms with van der Waals surface area (Å²) < 4.78 is 5.04. The zero-order valence-electron chi connectivity index (χ0n) is 17.6. The van der Waals surface area contributed by atoms with Gasteiger partial charge in [-0.2, -0.15) is 0 Å². The Hall–Kier alpha value is -2.53. The monoisotopic (exact) mass is 428 g/mol. The maximum absolute atomic E-state index is 12.5. The smallest absolute Gasteiger partial charge is 0.338 e. The highest BCUT2D eigenvalue weighted by Crippen LogP contribution is 2.41. The number of halogens is 1. The quantitative estimate of drug-likeness (QED) is 0.638. The largest absolute Gasteiger partial charge is 0.462 e. The predicted octanol–water partition coefficient (Wildman–Crippen LogP) is 4.88. The SMILES string of the molecule is CCOC(=O)c1ccc(C(C(N)=O)C(C)c2cccc(Cl)c2N2CCCCC2)cc1. The first-order valence-corrected chi connectivity index (χ1v) is 10.9. The summed E-state index contributed by atoms with van der Waals surface area (Å²) in [6.07, 6.45) is 3.49. The molecule has 30 heavy (non-hydrogen) atoms. The van der Waals surface area contributed by atoms with Gasteiger partial charge in [-0.3, -0.25) is 4.79 Å². The van der Waals surface area contributed by atoms with Gasteiger partial charge in [-0.05, 0) is 61.4 Å². The van der Waals surface area contributed by atoms with Crippen LogP contribution in [-0.2, 0) is 9.53 Å². The van der Waals surface area contributed by atoms with Crippen molar-refractivity contribution in [2.75, 3.05) is 24.6 Å². The fraction of sp³-hybridized carbons (Fsp3) is 0.417. The molecule has 160 valence electrons. The summed E-state index contributed by atoms with van der Waals surface area (Å²) in [7, 11) is 0. The number of para-hydroxylation sites is 1. The van der Waals surface area contributed by atoms with Crippen LogP contribution >= 0.6 is 11.6 Å². The lowest BCUT2D eigenvalue weighted by molar-refractivity contribution is -0.119. The zero-order chi connectivity index (χ0) is 21.7. The van der Waals surface area contributed by atoms with Gasteiger partial charge in [0.1, 0.15) is 0 Å². The molecule has 2 unspecified atom stereocenters. The molecule has 1 fully saturated rings. The van der Waals surface area contributed by atoms with Crippen molar-refractivity contribution in [1.29, 1.82) is 0 Å². The highest BCUT2D eigenvalue weighted by atomic mass is 35.5. The Balaban J connectivity index is 1.95. The standard InChI is InChI=1S/C24H29ClN2O3/c1-3-30-24(29)18-12-10-17(11-13-18)21(23(26)28)16(2)19-8-7-9-20(25)22(19)27-14-5-4-6-15-27/h7-13,16,21H,3-6,14-15H2,1-2H3,(H2,26,28). The number of nitrogens with zero attached hydrogens (tertiary/aromatic N) is 1. The zero-order valence-corrected chi connectivity index (χ0v) is 18.3. The molecule has 0 aromatic heterocycles. The normalized spacial score (nSPS) is 16.0. The van der Waals surface area contributed by atoms with Crippen molar-refractivity contribution < 1.29 is 14.3 Å². The Bertz CT molecular complexity index is 892.